The fourth-order valence-corrected chi connectivity index (χ4v) is 2.14. The van der Waals surface area contributed by atoms with Crippen LogP contribution in [0.15, 0.2) is 35.1 Å². The van der Waals surface area contributed by atoms with Gasteiger partial charge < -0.3 is 9.73 Å². The van der Waals surface area contributed by atoms with Crippen molar-refractivity contribution in [3.05, 3.63) is 53.2 Å². The summed E-state index contributed by atoms with van der Waals surface area (Å²) in [5.74, 6) is 1.06. The van der Waals surface area contributed by atoms with Crippen LogP contribution in [-0.4, -0.2) is 12.0 Å². The Morgan fingerprint density at radius 3 is 2.78 bits per heavy atom. The summed E-state index contributed by atoms with van der Waals surface area (Å²) >= 11 is 0. The SMILES string of the molecule is CCc1occc1C(Cc1ccc(C)cn1)NC. The average molecular weight is 244 g/mol. The maximum Gasteiger partial charge on any atom is 0.108 e. The second-order valence-electron chi connectivity index (χ2n) is 4.52. The van der Waals surface area contributed by atoms with Crippen LogP contribution in [0.25, 0.3) is 0 Å². The Balaban J connectivity index is 2.17. The Morgan fingerprint density at radius 2 is 2.17 bits per heavy atom. The second kappa shape index (κ2) is 5.83. The molecule has 0 spiro atoms. The molecule has 0 bridgehead atoms. The molecule has 0 aromatic carbocycles. The van der Waals surface area contributed by atoms with Gasteiger partial charge in [-0.15, -0.1) is 0 Å². The van der Waals surface area contributed by atoms with Crippen LogP contribution in [0.3, 0.4) is 0 Å². The van der Waals surface area contributed by atoms with Crippen molar-refractivity contribution in [1.82, 2.24) is 10.3 Å². The minimum absolute atomic E-state index is 0.258. The standard InChI is InChI=1S/C15H20N2O/c1-4-15-13(7-8-18-15)14(16-3)9-12-6-5-11(2)10-17-12/h5-8,10,14,16H,4,9H2,1-3H3. The van der Waals surface area contributed by atoms with E-state index in [4.69, 9.17) is 4.42 Å². The molecule has 0 fully saturated rings. The van der Waals surface area contributed by atoms with E-state index in [1.165, 1.54) is 11.1 Å². The van der Waals surface area contributed by atoms with Gasteiger partial charge in [-0.1, -0.05) is 13.0 Å². The predicted molar refractivity (Wildman–Crippen MR) is 72.6 cm³/mol. The number of aromatic nitrogens is 1. The van der Waals surface area contributed by atoms with E-state index in [1.807, 2.05) is 19.3 Å². The summed E-state index contributed by atoms with van der Waals surface area (Å²) in [7, 11) is 1.98. The van der Waals surface area contributed by atoms with E-state index < -0.39 is 0 Å². The lowest BCUT2D eigenvalue weighted by atomic mass is 10.0. The minimum Gasteiger partial charge on any atom is -0.469 e. The zero-order chi connectivity index (χ0) is 13.0. The molecule has 1 unspecified atom stereocenters. The van der Waals surface area contributed by atoms with Crippen molar-refractivity contribution in [1.29, 1.82) is 0 Å². The van der Waals surface area contributed by atoms with Crippen molar-refractivity contribution in [2.24, 2.45) is 0 Å². The molecule has 1 atom stereocenters. The van der Waals surface area contributed by atoms with Gasteiger partial charge >= 0.3 is 0 Å². The normalized spacial score (nSPS) is 12.6. The predicted octanol–water partition coefficient (Wildman–Crippen LogP) is 3.05. The molecule has 2 aromatic heterocycles. The van der Waals surface area contributed by atoms with Crippen LogP contribution in [0.1, 0.15) is 35.5 Å². The number of nitrogens with zero attached hydrogens (tertiary/aromatic N) is 1. The summed E-state index contributed by atoms with van der Waals surface area (Å²) in [5.41, 5.74) is 3.53. The van der Waals surface area contributed by atoms with Gasteiger partial charge in [0.1, 0.15) is 5.76 Å². The number of nitrogens with one attached hydrogen (secondary N) is 1. The molecule has 0 radical (unpaired) electrons. The summed E-state index contributed by atoms with van der Waals surface area (Å²) in [5, 5.41) is 3.34. The van der Waals surface area contributed by atoms with Crippen LogP contribution in [0.5, 0.6) is 0 Å². The molecule has 96 valence electrons. The van der Waals surface area contributed by atoms with Crippen molar-refractivity contribution < 1.29 is 4.42 Å². The number of pyridine rings is 1. The first-order chi connectivity index (χ1) is 8.74. The van der Waals surface area contributed by atoms with Gasteiger partial charge in [0, 0.05) is 36.3 Å². The maximum atomic E-state index is 5.49. The molecule has 2 rings (SSSR count). The number of likely N-dealkylation sites (N-methyl/N-ethyl adjacent to an activating group) is 1. The van der Waals surface area contributed by atoms with Gasteiger partial charge in [0.25, 0.3) is 0 Å². The molecular weight excluding hydrogens is 224 g/mol. The Bertz CT molecular complexity index is 487. The van der Waals surface area contributed by atoms with Gasteiger partial charge in [0.15, 0.2) is 0 Å². The molecule has 0 aliphatic heterocycles. The first-order valence-electron chi connectivity index (χ1n) is 6.39. The first kappa shape index (κ1) is 12.8. The van der Waals surface area contributed by atoms with Crippen LogP contribution in [0.4, 0.5) is 0 Å². The second-order valence-corrected chi connectivity index (χ2v) is 4.52. The molecule has 3 heteroatoms. The van der Waals surface area contributed by atoms with Crippen molar-refractivity contribution in [3.8, 4) is 0 Å². The zero-order valence-electron chi connectivity index (χ0n) is 11.2. The monoisotopic (exact) mass is 244 g/mol. The van der Waals surface area contributed by atoms with Crippen LogP contribution in [0, 0.1) is 6.92 Å². The highest BCUT2D eigenvalue weighted by Gasteiger charge is 2.16. The number of rotatable bonds is 5. The van der Waals surface area contributed by atoms with Crippen molar-refractivity contribution in [3.63, 3.8) is 0 Å². The molecule has 0 saturated heterocycles. The smallest absolute Gasteiger partial charge is 0.108 e. The third-order valence-electron chi connectivity index (χ3n) is 3.21. The summed E-state index contributed by atoms with van der Waals surface area (Å²) in [6, 6.07) is 6.50. The van der Waals surface area contributed by atoms with Crippen molar-refractivity contribution in [2.75, 3.05) is 7.05 Å². The van der Waals surface area contributed by atoms with E-state index in [9.17, 15) is 0 Å². The third-order valence-corrected chi connectivity index (χ3v) is 3.21. The van der Waals surface area contributed by atoms with Crippen LogP contribution in [0.2, 0.25) is 0 Å². The summed E-state index contributed by atoms with van der Waals surface area (Å²) in [6.07, 6.45) is 5.48. The molecular formula is C15H20N2O. The molecule has 0 saturated carbocycles. The number of hydrogen-bond donors (Lipinski definition) is 1. The summed E-state index contributed by atoms with van der Waals surface area (Å²) in [6.45, 7) is 4.16. The lowest BCUT2D eigenvalue weighted by molar-refractivity contribution is 0.494. The summed E-state index contributed by atoms with van der Waals surface area (Å²) < 4.78 is 5.49. The van der Waals surface area contributed by atoms with Gasteiger partial charge in [-0.2, -0.15) is 0 Å². The quantitative estimate of drug-likeness (QED) is 0.878. The highest BCUT2D eigenvalue weighted by Crippen LogP contribution is 2.22. The highest BCUT2D eigenvalue weighted by molar-refractivity contribution is 5.24. The Morgan fingerprint density at radius 1 is 1.33 bits per heavy atom. The Kier molecular flexibility index (Phi) is 4.15. The number of hydrogen-bond acceptors (Lipinski definition) is 3. The fourth-order valence-electron chi connectivity index (χ4n) is 2.14. The molecule has 18 heavy (non-hydrogen) atoms. The average Bonchev–Trinajstić information content (AvgIpc) is 2.86. The molecule has 3 nitrogen and oxygen atoms in total. The van der Waals surface area contributed by atoms with E-state index in [2.05, 4.69) is 36.3 Å². The highest BCUT2D eigenvalue weighted by atomic mass is 16.3. The minimum atomic E-state index is 0.258. The van der Waals surface area contributed by atoms with Crippen molar-refractivity contribution in [2.45, 2.75) is 32.7 Å². The molecule has 1 N–H and O–H groups in total. The van der Waals surface area contributed by atoms with E-state index in [1.54, 1.807) is 6.26 Å². The largest absolute Gasteiger partial charge is 0.469 e. The molecule has 0 aliphatic carbocycles. The number of aryl methyl sites for hydroxylation is 2. The van der Waals surface area contributed by atoms with Crippen LogP contribution >= 0.6 is 0 Å². The molecule has 2 aromatic rings. The van der Waals surface area contributed by atoms with Gasteiger partial charge in [0.2, 0.25) is 0 Å². The Labute approximate surface area is 108 Å². The fraction of sp³-hybridized carbons (Fsp3) is 0.400. The molecule has 0 amide bonds. The first-order valence-corrected chi connectivity index (χ1v) is 6.39. The van der Waals surface area contributed by atoms with E-state index in [0.717, 1.165) is 24.3 Å². The number of furan rings is 1. The van der Waals surface area contributed by atoms with Gasteiger partial charge in [0.05, 0.1) is 6.26 Å². The molecule has 0 aliphatic rings. The van der Waals surface area contributed by atoms with Gasteiger partial charge in [-0.25, -0.2) is 0 Å². The van der Waals surface area contributed by atoms with Gasteiger partial charge in [-0.3, -0.25) is 4.98 Å². The van der Waals surface area contributed by atoms with E-state index in [-0.39, 0.29) is 6.04 Å². The topological polar surface area (TPSA) is 38.1 Å². The van der Waals surface area contributed by atoms with E-state index >= 15 is 0 Å². The Hall–Kier alpha value is -1.61. The van der Waals surface area contributed by atoms with Crippen LogP contribution in [-0.2, 0) is 12.8 Å². The lowest BCUT2D eigenvalue weighted by Crippen LogP contribution is -2.20. The zero-order valence-corrected chi connectivity index (χ0v) is 11.2. The molecule has 2 heterocycles. The third kappa shape index (κ3) is 2.79. The van der Waals surface area contributed by atoms with Crippen molar-refractivity contribution >= 4 is 0 Å². The summed E-state index contributed by atoms with van der Waals surface area (Å²) in [4.78, 5) is 4.46. The van der Waals surface area contributed by atoms with E-state index in [0.29, 0.717) is 0 Å². The van der Waals surface area contributed by atoms with Crippen LogP contribution < -0.4 is 5.32 Å². The maximum absolute atomic E-state index is 5.49. The van der Waals surface area contributed by atoms with Gasteiger partial charge in [-0.05, 0) is 31.7 Å². The lowest BCUT2D eigenvalue weighted by Gasteiger charge is -2.15.